The zero-order valence-electron chi connectivity index (χ0n) is 15.8. The Kier molecular flexibility index (Phi) is 7.42. The first kappa shape index (κ1) is 22.5. The number of aromatic nitrogens is 2. The number of amides is 1. The number of hydrogen-bond donors (Lipinski definition) is 2. The molecule has 0 radical (unpaired) electrons. The molecule has 13 heteroatoms. The average Bonchev–Trinajstić information content (AvgIpc) is 3.13. The van der Waals surface area contributed by atoms with E-state index in [-0.39, 0.29) is 21.4 Å². The lowest BCUT2D eigenvalue weighted by atomic mass is 10.2. The van der Waals surface area contributed by atoms with Crippen molar-refractivity contribution in [2.24, 2.45) is 7.05 Å². The summed E-state index contributed by atoms with van der Waals surface area (Å²) in [6, 6.07) is 2.90. The Balaban J connectivity index is 1.88. The van der Waals surface area contributed by atoms with E-state index in [2.05, 4.69) is 15.1 Å². The third-order valence-corrected chi connectivity index (χ3v) is 5.16. The lowest BCUT2D eigenvalue weighted by molar-refractivity contribution is -0.146. The molecule has 0 fully saturated rings. The van der Waals surface area contributed by atoms with E-state index in [0.717, 1.165) is 6.20 Å². The van der Waals surface area contributed by atoms with Gasteiger partial charge in [-0.3, -0.25) is 14.3 Å². The van der Waals surface area contributed by atoms with Gasteiger partial charge in [-0.25, -0.2) is 8.42 Å². The van der Waals surface area contributed by atoms with Gasteiger partial charge in [-0.05, 0) is 0 Å². The molecule has 0 unspecified atom stereocenters. The van der Waals surface area contributed by atoms with Gasteiger partial charge in [-0.2, -0.15) is 9.82 Å². The number of sulfonamides is 1. The second-order valence-electron chi connectivity index (χ2n) is 5.57. The van der Waals surface area contributed by atoms with Gasteiger partial charge >= 0.3 is 5.97 Å². The molecule has 1 aromatic heterocycles. The smallest absolute Gasteiger partial charge is 0.321 e. The number of rotatable bonds is 9. The van der Waals surface area contributed by atoms with Gasteiger partial charge < -0.3 is 19.5 Å². The first-order valence-corrected chi connectivity index (χ1v) is 9.87. The number of benzene rings is 1. The van der Waals surface area contributed by atoms with E-state index in [1.54, 1.807) is 7.05 Å². The molecule has 0 aliphatic rings. The highest BCUT2D eigenvalue weighted by molar-refractivity contribution is 7.89. The van der Waals surface area contributed by atoms with Crippen LogP contribution in [0.1, 0.15) is 0 Å². The number of anilines is 1. The maximum absolute atomic E-state index is 12.0. The Bertz CT molecular complexity index is 1010. The first-order valence-electron chi connectivity index (χ1n) is 8.01. The molecule has 11 nitrogen and oxygen atoms in total. The van der Waals surface area contributed by atoms with Crippen LogP contribution < -0.4 is 19.5 Å². The van der Waals surface area contributed by atoms with Gasteiger partial charge in [0, 0.05) is 25.4 Å². The molecule has 1 amide bonds. The summed E-state index contributed by atoms with van der Waals surface area (Å²) in [5.74, 6) is -1.02. The highest BCUT2D eigenvalue weighted by atomic mass is 35.5. The Labute approximate surface area is 171 Å². The number of esters is 1. The van der Waals surface area contributed by atoms with Crippen LogP contribution >= 0.6 is 11.6 Å². The monoisotopic (exact) mass is 446 g/mol. The maximum atomic E-state index is 12.0. The summed E-state index contributed by atoms with van der Waals surface area (Å²) < 4.78 is 42.3. The molecule has 29 heavy (non-hydrogen) atoms. The standard InChI is InChI=1S/C16H19ClN4O7S/c1-21-8-10(6-18-21)29(24,25)19-7-16(23)28-9-15(22)20-12-5-13(26-2)11(17)4-14(12)27-3/h4-6,8,19H,7,9H2,1-3H3,(H,20,22). The summed E-state index contributed by atoms with van der Waals surface area (Å²) in [7, 11) is 0.434. The summed E-state index contributed by atoms with van der Waals surface area (Å²) in [5.41, 5.74) is 0.257. The number of nitrogens with one attached hydrogen (secondary N) is 2. The minimum Gasteiger partial charge on any atom is -0.495 e. The number of hydrogen-bond acceptors (Lipinski definition) is 8. The third-order valence-electron chi connectivity index (χ3n) is 3.51. The summed E-state index contributed by atoms with van der Waals surface area (Å²) in [6.07, 6.45) is 2.41. The number of ether oxygens (including phenoxy) is 3. The van der Waals surface area contributed by atoms with Crippen molar-refractivity contribution in [1.29, 1.82) is 0 Å². The Morgan fingerprint density at radius 1 is 1.21 bits per heavy atom. The summed E-state index contributed by atoms with van der Waals surface area (Å²) >= 11 is 5.99. The van der Waals surface area contributed by atoms with Gasteiger partial charge in [0.2, 0.25) is 10.0 Å². The molecule has 0 bridgehead atoms. The fourth-order valence-electron chi connectivity index (χ4n) is 2.12. The van der Waals surface area contributed by atoms with Crippen molar-refractivity contribution < 1.29 is 32.2 Å². The fraction of sp³-hybridized carbons (Fsp3) is 0.312. The summed E-state index contributed by atoms with van der Waals surface area (Å²) in [4.78, 5) is 23.7. The van der Waals surface area contributed by atoms with E-state index < -0.39 is 35.1 Å². The molecule has 0 aliphatic heterocycles. The number of halogens is 1. The second-order valence-corrected chi connectivity index (χ2v) is 7.74. The van der Waals surface area contributed by atoms with E-state index in [1.807, 2.05) is 0 Å². The number of aryl methyl sites for hydroxylation is 1. The summed E-state index contributed by atoms with van der Waals surface area (Å²) in [6.45, 7) is -1.29. The number of methoxy groups -OCH3 is 2. The number of nitrogens with zero attached hydrogens (tertiary/aromatic N) is 2. The average molecular weight is 447 g/mol. The zero-order chi connectivity index (χ0) is 21.6. The molecule has 2 aromatic rings. The van der Waals surface area contributed by atoms with Crippen molar-refractivity contribution in [3.05, 3.63) is 29.5 Å². The van der Waals surface area contributed by atoms with Crippen LogP contribution in [0.15, 0.2) is 29.4 Å². The van der Waals surface area contributed by atoms with E-state index >= 15 is 0 Å². The third kappa shape index (κ3) is 6.07. The molecular weight excluding hydrogens is 428 g/mol. The fourth-order valence-corrected chi connectivity index (χ4v) is 3.30. The van der Waals surface area contributed by atoms with Crippen LogP contribution in [0.2, 0.25) is 5.02 Å². The molecule has 158 valence electrons. The molecule has 1 heterocycles. The largest absolute Gasteiger partial charge is 0.495 e. The van der Waals surface area contributed by atoms with Gasteiger partial charge in [0.05, 0.1) is 31.1 Å². The first-order chi connectivity index (χ1) is 13.7. The Morgan fingerprint density at radius 3 is 2.48 bits per heavy atom. The molecular formula is C16H19ClN4O7S. The van der Waals surface area contributed by atoms with Crippen molar-refractivity contribution in [2.75, 3.05) is 32.7 Å². The second kappa shape index (κ2) is 9.58. The van der Waals surface area contributed by atoms with Crippen LogP contribution in [0.5, 0.6) is 11.5 Å². The van der Waals surface area contributed by atoms with Crippen molar-refractivity contribution in [3.63, 3.8) is 0 Å². The van der Waals surface area contributed by atoms with Crippen LogP contribution in [0.4, 0.5) is 5.69 Å². The zero-order valence-corrected chi connectivity index (χ0v) is 17.3. The van der Waals surface area contributed by atoms with Crippen molar-refractivity contribution in [2.45, 2.75) is 4.90 Å². The predicted octanol–water partition coefficient (Wildman–Crippen LogP) is 0.551. The van der Waals surface area contributed by atoms with Crippen LogP contribution in [0.3, 0.4) is 0 Å². The quantitative estimate of drug-likeness (QED) is 0.532. The molecule has 2 rings (SSSR count). The lowest BCUT2D eigenvalue weighted by Crippen LogP contribution is -2.32. The van der Waals surface area contributed by atoms with E-state index in [1.165, 1.54) is 37.2 Å². The number of carbonyl (C=O) groups is 2. The van der Waals surface area contributed by atoms with Gasteiger partial charge in [-0.1, -0.05) is 11.6 Å². The Morgan fingerprint density at radius 2 is 1.90 bits per heavy atom. The minimum atomic E-state index is -3.92. The Hall–Kier alpha value is -2.83. The molecule has 0 aliphatic carbocycles. The molecule has 0 saturated carbocycles. The van der Waals surface area contributed by atoms with Gasteiger partial charge in [-0.15, -0.1) is 0 Å². The normalized spacial score (nSPS) is 11.0. The summed E-state index contributed by atoms with van der Waals surface area (Å²) in [5, 5.41) is 6.52. The highest BCUT2D eigenvalue weighted by Crippen LogP contribution is 2.35. The van der Waals surface area contributed by atoms with E-state index in [0.29, 0.717) is 5.75 Å². The van der Waals surface area contributed by atoms with Crippen molar-refractivity contribution >= 4 is 39.2 Å². The van der Waals surface area contributed by atoms with E-state index in [9.17, 15) is 18.0 Å². The molecule has 2 N–H and O–H groups in total. The van der Waals surface area contributed by atoms with Gasteiger partial charge in [0.15, 0.2) is 6.61 Å². The van der Waals surface area contributed by atoms with Crippen LogP contribution in [0.25, 0.3) is 0 Å². The molecule has 0 atom stereocenters. The highest BCUT2D eigenvalue weighted by Gasteiger charge is 2.19. The maximum Gasteiger partial charge on any atom is 0.321 e. The van der Waals surface area contributed by atoms with Crippen LogP contribution in [-0.2, 0) is 31.4 Å². The molecule has 0 saturated heterocycles. The topological polar surface area (TPSA) is 138 Å². The van der Waals surface area contributed by atoms with Gasteiger partial charge in [0.1, 0.15) is 22.9 Å². The predicted molar refractivity (Wildman–Crippen MR) is 103 cm³/mol. The van der Waals surface area contributed by atoms with Crippen molar-refractivity contribution in [1.82, 2.24) is 14.5 Å². The SMILES string of the molecule is COc1cc(NC(=O)COC(=O)CNS(=O)(=O)c2cnn(C)c2)c(OC)cc1Cl. The minimum absolute atomic E-state index is 0.102. The van der Waals surface area contributed by atoms with E-state index in [4.69, 9.17) is 25.8 Å². The van der Waals surface area contributed by atoms with Gasteiger partial charge in [0.25, 0.3) is 5.91 Å². The lowest BCUT2D eigenvalue weighted by Gasteiger charge is -2.13. The molecule has 0 spiro atoms. The van der Waals surface area contributed by atoms with Crippen LogP contribution in [-0.4, -0.2) is 57.4 Å². The van der Waals surface area contributed by atoms with Crippen molar-refractivity contribution in [3.8, 4) is 11.5 Å². The molecule has 1 aromatic carbocycles. The van der Waals surface area contributed by atoms with Crippen LogP contribution in [0, 0.1) is 0 Å². The number of carbonyl (C=O) groups excluding carboxylic acids is 2.